The summed E-state index contributed by atoms with van der Waals surface area (Å²) in [6, 6.07) is 6.27. The number of likely N-dealkylation sites (tertiary alicyclic amines) is 1. The summed E-state index contributed by atoms with van der Waals surface area (Å²) >= 11 is 0. The van der Waals surface area contributed by atoms with Crippen molar-refractivity contribution in [3.8, 4) is 0 Å². The molecule has 0 aliphatic carbocycles. The molecule has 0 saturated carbocycles. The number of benzene rings is 1. The molecule has 1 aliphatic heterocycles. The highest BCUT2D eigenvalue weighted by Crippen LogP contribution is 2.20. The second-order valence-corrected chi connectivity index (χ2v) is 5.96. The van der Waals surface area contributed by atoms with Gasteiger partial charge in [-0.2, -0.15) is 0 Å². The first kappa shape index (κ1) is 16.9. The predicted octanol–water partition coefficient (Wildman–Crippen LogP) is 2.48. The summed E-state index contributed by atoms with van der Waals surface area (Å²) in [7, 11) is 1.99. The van der Waals surface area contributed by atoms with E-state index in [2.05, 4.69) is 15.5 Å². The molecule has 2 rings (SSSR count). The fraction of sp³-hybridized carbons (Fsp3) is 0.588. The molecule has 1 aromatic rings. The van der Waals surface area contributed by atoms with Crippen molar-refractivity contribution in [3.05, 3.63) is 30.1 Å². The van der Waals surface area contributed by atoms with Crippen LogP contribution in [0.5, 0.6) is 0 Å². The third kappa shape index (κ3) is 5.39. The lowest BCUT2D eigenvalue weighted by atomic mass is 9.93. The van der Waals surface area contributed by atoms with Crippen LogP contribution in [0.3, 0.4) is 0 Å². The van der Waals surface area contributed by atoms with E-state index in [1.54, 1.807) is 18.2 Å². The molecule has 122 valence electrons. The highest BCUT2D eigenvalue weighted by molar-refractivity contribution is 5.90. The number of carbonyl (C=O) groups excluding carboxylic acids is 1. The van der Waals surface area contributed by atoms with Crippen LogP contribution < -0.4 is 10.6 Å². The summed E-state index contributed by atoms with van der Waals surface area (Å²) in [6.07, 6.45) is 4.06. The van der Waals surface area contributed by atoms with Gasteiger partial charge in [0.2, 0.25) is 5.91 Å². The number of nitrogens with one attached hydrogen (secondary N) is 2. The van der Waals surface area contributed by atoms with Gasteiger partial charge < -0.3 is 15.5 Å². The predicted molar refractivity (Wildman–Crippen MR) is 87.4 cm³/mol. The number of anilines is 1. The van der Waals surface area contributed by atoms with Gasteiger partial charge in [-0.3, -0.25) is 4.79 Å². The van der Waals surface area contributed by atoms with Gasteiger partial charge in [-0.1, -0.05) is 12.1 Å². The van der Waals surface area contributed by atoms with Crippen LogP contribution in [0.4, 0.5) is 10.1 Å². The standard InChI is InChI=1S/C17H26FN3O/c1-19-10-6-14-7-11-21(12-8-14)13-9-17(22)20-16-5-3-2-4-15(16)18/h2-5,14,19H,6-13H2,1H3,(H,20,22). The van der Waals surface area contributed by atoms with Crippen molar-refractivity contribution < 1.29 is 9.18 Å². The van der Waals surface area contributed by atoms with Crippen LogP contribution in [-0.4, -0.2) is 44.0 Å². The molecular formula is C17H26FN3O. The van der Waals surface area contributed by atoms with Gasteiger partial charge in [0.1, 0.15) is 5.82 Å². The molecule has 2 N–H and O–H groups in total. The SMILES string of the molecule is CNCCC1CCN(CCC(=O)Nc2ccccc2F)CC1. The second-order valence-electron chi connectivity index (χ2n) is 5.96. The van der Waals surface area contributed by atoms with Crippen molar-refractivity contribution >= 4 is 11.6 Å². The molecule has 0 radical (unpaired) electrons. The number of hydrogen-bond donors (Lipinski definition) is 2. The quantitative estimate of drug-likeness (QED) is 0.813. The van der Waals surface area contributed by atoms with E-state index < -0.39 is 0 Å². The van der Waals surface area contributed by atoms with E-state index in [4.69, 9.17) is 0 Å². The van der Waals surface area contributed by atoms with E-state index in [1.165, 1.54) is 25.3 Å². The van der Waals surface area contributed by atoms with E-state index >= 15 is 0 Å². The molecule has 4 nitrogen and oxygen atoms in total. The average Bonchev–Trinajstić information content (AvgIpc) is 2.54. The van der Waals surface area contributed by atoms with E-state index in [1.807, 2.05) is 7.05 Å². The normalized spacial score (nSPS) is 16.6. The van der Waals surface area contributed by atoms with E-state index in [-0.39, 0.29) is 17.4 Å². The number of carbonyl (C=O) groups is 1. The van der Waals surface area contributed by atoms with Crippen LogP contribution in [0, 0.1) is 11.7 Å². The highest BCUT2D eigenvalue weighted by Gasteiger charge is 2.19. The number of piperidine rings is 1. The zero-order chi connectivity index (χ0) is 15.8. The van der Waals surface area contributed by atoms with Crippen LogP contribution >= 0.6 is 0 Å². The smallest absolute Gasteiger partial charge is 0.225 e. The fourth-order valence-corrected chi connectivity index (χ4v) is 2.88. The van der Waals surface area contributed by atoms with Gasteiger partial charge in [0.25, 0.3) is 0 Å². The first-order valence-corrected chi connectivity index (χ1v) is 8.10. The lowest BCUT2D eigenvalue weighted by Crippen LogP contribution is -2.36. The Labute approximate surface area is 132 Å². The monoisotopic (exact) mass is 307 g/mol. The molecule has 0 atom stereocenters. The molecule has 22 heavy (non-hydrogen) atoms. The maximum absolute atomic E-state index is 13.5. The molecule has 0 bridgehead atoms. The van der Waals surface area contributed by atoms with Crippen molar-refractivity contribution in [1.82, 2.24) is 10.2 Å². The van der Waals surface area contributed by atoms with Gasteiger partial charge in [0.05, 0.1) is 5.69 Å². The number of nitrogens with zero attached hydrogens (tertiary/aromatic N) is 1. The average molecular weight is 307 g/mol. The summed E-state index contributed by atoms with van der Waals surface area (Å²) in [6.45, 7) is 3.94. The van der Waals surface area contributed by atoms with Crippen molar-refractivity contribution in [2.45, 2.75) is 25.7 Å². The Morgan fingerprint density at radius 3 is 2.73 bits per heavy atom. The Morgan fingerprint density at radius 2 is 2.05 bits per heavy atom. The minimum Gasteiger partial charge on any atom is -0.324 e. The maximum Gasteiger partial charge on any atom is 0.225 e. The Morgan fingerprint density at radius 1 is 1.32 bits per heavy atom. The van der Waals surface area contributed by atoms with Crippen molar-refractivity contribution in [3.63, 3.8) is 0 Å². The van der Waals surface area contributed by atoms with Crippen molar-refractivity contribution in [2.75, 3.05) is 38.5 Å². The Balaban J connectivity index is 1.66. The first-order chi connectivity index (χ1) is 10.7. The lowest BCUT2D eigenvalue weighted by Gasteiger charge is -2.31. The molecule has 1 fully saturated rings. The molecule has 1 saturated heterocycles. The van der Waals surface area contributed by atoms with Gasteiger partial charge in [-0.15, -0.1) is 0 Å². The van der Waals surface area contributed by atoms with Crippen molar-refractivity contribution in [1.29, 1.82) is 0 Å². The summed E-state index contributed by atoms with van der Waals surface area (Å²) in [5, 5.41) is 5.83. The molecule has 1 aromatic carbocycles. The van der Waals surface area contributed by atoms with Gasteiger partial charge in [0.15, 0.2) is 0 Å². The fourth-order valence-electron chi connectivity index (χ4n) is 2.88. The third-order valence-electron chi connectivity index (χ3n) is 4.31. The minimum absolute atomic E-state index is 0.123. The zero-order valence-corrected chi connectivity index (χ0v) is 13.3. The number of rotatable bonds is 7. The Kier molecular flexibility index (Phi) is 6.80. The number of halogens is 1. The first-order valence-electron chi connectivity index (χ1n) is 8.10. The van der Waals surface area contributed by atoms with E-state index in [0.29, 0.717) is 6.42 Å². The Hall–Kier alpha value is -1.46. The second kappa shape index (κ2) is 8.86. The number of amides is 1. The van der Waals surface area contributed by atoms with E-state index in [9.17, 15) is 9.18 Å². The molecule has 1 aliphatic rings. The zero-order valence-electron chi connectivity index (χ0n) is 13.3. The molecule has 1 heterocycles. The van der Waals surface area contributed by atoms with Gasteiger partial charge in [-0.05, 0) is 64.0 Å². The Bertz CT molecular complexity index is 473. The van der Waals surface area contributed by atoms with Gasteiger partial charge >= 0.3 is 0 Å². The number of hydrogen-bond acceptors (Lipinski definition) is 3. The van der Waals surface area contributed by atoms with E-state index in [0.717, 1.165) is 32.1 Å². The summed E-state index contributed by atoms with van der Waals surface area (Å²) in [4.78, 5) is 14.2. The highest BCUT2D eigenvalue weighted by atomic mass is 19.1. The largest absolute Gasteiger partial charge is 0.324 e. The molecule has 5 heteroatoms. The molecule has 1 amide bonds. The van der Waals surface area contributed by atoms with Crippen LogP contribution in [0.15, 0.2) is 24.3 Å². The van der Waals surface area contributed by atoms with Gasteiger partial charge in [-0.25, -0.2) is 4.39 Å². The van der Waals surface area contributed by atoms with Crippen LogP contribution in [-0.2, 0) is 4.79 Å². The van der Waals surface area contributed by atoms with Gasteiger partial charge in [0, 0.05) is 13.0 Å². The summed E-state index contributed by atoms with van der Waals surface area (Å²) in [5.74, 6) is 0.291. The third-order valence-corrected chi connectivity index (χ3v) is 4.31. The minimum atomic E-state index is -0.388. The lowest BCUT2D eigenvalue weighted by molar-refractivity contribution is -0.116. The molecule has 0 spiro atoms. The molecule has 0 unspecified atom stereocenters. The van der Waals surface area contributed by atoms with Crippen LogP contribution in [0.25, 0.3) is 0 Å². The molecular weight excluding hydrogens is 281 g/mol. The van der Waals surface area contributed by atoms with Crippen LogP contribution in [0.1, 0.15) is 25.7 Å². The summed E-state index contributed by atoms with van der Waals surface area (Å²) < 4.78 is 13.5. The maximum atomic E-state index is 13.5. The number of para-hydroxylation sites is 1. The topological polar surface area (TPSA) is 44.4 Å². The molecule has 0 aromatic heterocycles. The van der Waals surface area contributed by atoms with Crippen molar-refractivity contribution in [2.24, 2.45) is 5.92 Å². The van der Waals surface area contributed by atoms with Crippen LogP contribution in [0.2, 0.25) is 0 Å². The summed E-state index contributed by atoms with van der Waals surface area (Å²) in [5.41, 5.74) is 0.262.